The first-order valence-corrected chi connectivity index (χ1v) is 6.93. The summed E-state index contributed by atoms with van der Waals surface area (Å²) in [5, 5.41) is 0. The molecule has 6 heteroatoms. The molecule has 0 aromatic heterocycles. The number of rotatable bonds is 5. The van der Waals surface area contributed by atoms with Gasteiger partial charge in [0.25, 0.3) is 10.2 Å². The van der Waals surface area contributed by atoms with E-state index in [2.05, 4.69) is 9.44 Å². The molecule has 1 rings (SSSR count). The molecule has 5 nitrogen and oxygen atoms in total. The summed E-state index contributed by atoms with van der Waals surface area (Å²) in [7, 11) is -3.48. The van der Waals surface area contributed by atoms with E-state index in [1.807, 2.05) is 6.07 Å². The molecule has 0 radical (unpaired) electrons. The third kappa shape index (κ3) is 4.72. The van der Waals surface area contributed by atoms with Crippen molar-refractivity contribution in [1.29, 1.82) is 0 Å². The molecule has 0 aliphatic heterocycles. The van der Waals surface area contributed by atoms with Crippen LogP contribution in [0.3, 0.4) is 0 Å². The molecular formula is C11H19N3O2S. The minimum Gasteiger partial charge on any atom is -0.399 e. The number of hydrogen-bond donors (Lipinski definition) is 3. The maximum absolute atomic E-state index is 11.7. The van der Waals surface area contributed by atoms with Crippen LogP contribution in [0.4, 0.5) is 5.69 Å². The van der Waals surface area contributed by atoms with Gasteiger partial charge in [0, 0.05) is 17.8 Å². The first-order chi connectivity index (χ1) is 7.80. The Morgan fingerprint density at radius 3 is 2.35 bits per heavy atom. The summed E-state index contributed by atoms with van der Waals surface area (Å²) in [6.07, 6.45) is 0. The molecule has 1 aromatic rings. The minimum atomic E-state index is -3.48. The molecule has 0 amide bonds. The summed E-state index contributed by atoms with van der Waals surface area (Å²) in [4.78, 5) is 0. The van der Waals surface area contributed by atoms with Crippen molar-refractivity contribution in [1.82, 2.24) is 9.44 Å². The highest BCUT2D eigenvalue weighted by molar-refractivity contribution is 7.87. The third-order valence-corrected chi connectivity index (χ3v) is 3.58. The number of nitrogens with one attached hydrogen (secondary N) is 2. The Labute approximate surface area is 103 Å². The highest BCUT2D eigenvalue weighted by atomic mass is 32.2. The smallest absolute Gasteiger partial charge is 0.277 e. The summed E-state index contributed by atoms with van der Waals surface area (Å²) in [5.74, 6) is 0. The predicted octanol–water partition coefficient (Wildman–Crippen LogP) is 1.16. The molecular weight excluding hydrogens is 238 g/mol. The van der Waals surface area contributed by atoms with Crippen molar-refractivity contribution in [2.24, 2.45) is 0 Å². The van der Waals surface area contributed by atoms with Gasteiger partial charge in [-0.2, -0.15) is 17.9 Å². The van der Waals surface area contributed by atoms with Gasteiger partial charge in [-0.3, -0.25) is 0 Å². The lowest BCUT2D eigenvalue weighted by Gasteiger charge is -2.16. The van der Waals surface area contributed by atoms with Gasteiger partial charge in [0.05, 0.1) is 0 Å². The van der Waals surface area contributed by atoms with Gasteiger partial charge < -0.3 is 5.73 Å². The van der Waals surface area contributed by atoms with Crippen molar-refractivity contribution in [3.05, 3.63) is 29.8 Å². The lowest BCUT2D eigenvalue weighted by molar-refractivity contribution is 0.541. The second-order valence-electron chi connectivity index (χ2n) is 4.29. The van der Waals surface area contributed by atoms with Crippen molar-refractivity contribution in [3.63, 3.8) is 0 Å². The van der Waals surface area contributed by atoms with Gasteiger partial charge in [0.1, 0.15) is 0 Å². The second kappa shape index (κ2) is 5.48. The standard InChI is InChI=1S/C11H19N3O2S/c1-8(2)13-17(15,16)14-9(3)10-5-4-6-11(12)7-10/h4-9,13-14H,12H2,1-3H3. The Morgan fingerprint density at radius 1 is 1.18 bits per heavy atom. The van der Waals surface area contributed by atoms with E-state index in [1.165, 1.54) is 0 Å². The molecule has 0 aliphatic rings. The van der Waals surface area contributed by atoms with E-state index in [0.29, 0.717) is 5.69 Å². The molecule has 0 saturated heterocycles. The van der Waals surface area contributed by atoms with Crippen LogP contribution in [0.2, 0.25) is 0 Å². The Balaban J connectivity index is 2.76. The third-order valence-electron chi connectivity index (χ3n) is 2.13. The van der Waals surface area contributed by atoms with Crippen LogP contribution in [-0.4, -0.2) is 14.5 Å². The van der Waals surface area contributed by atoms with Gasteiger partial charge >= 0.3 is 0 Å². The van der Waals surface area contributed by atoms with Crippen molar-refractivity contribution < 1.29 is 8.42 Å². The molecule has 4 N–H and O–H groups in total. The molecule has 0 fully saturated rings. The molecule has 17 heavy (non-hydrogen) atoms. The van der Waals surface area contributed by atoms with Gasteiger partial charge in [-0.15, -0.1) is 0 Å². The van der Waals surface area contributed by atoms with Crippen molar-refractivity contribution in [2.45, 2.75) is 32.9 Å². The Kier molecular flexibility index (Phi) is 4.50. The number of benzene rings is 1. The summed E-state index contributed by atoms with van der Waals surface area (Å²) < 4.78 is 28.3. The molecule has 1 aromatic carbocycles. The Bertz CT molecular complexity index is 471. The zero-order valence-electron chi connectivity index (χ0n) is 10.3. The molecule has 0 saturated carbocycles. The SMILES string of the molecule is CC(C)NS(=O)(=O)NC(C)c1cccc(N)c1. The Hall–Kier alpha value is -1.11. The van der Waals surface area contributed by atoms with Gasteiger partial charge in [0.15, 0.2) is 0 Å². The second-order valence-corrected chi connectivity index (χ2v) is 5.76. The quantitative estimate of drug-likeness (QED) is 0.692. The van der Waals surface area contributed by atoms with Crippen LogP contribution in [0, 0.1) is 0 Å². The van der Waals surface area contributed by atoms with Crippen LogP contribution < -0.4 is 15.2 Å². The van der Waals surface area contributed by atoms with Crippen LogP contribution >= 0.6 is 0 Å². The van der Waals surface area contributed by atoms with E-state index in [-0.39, 0.29) is 12.1 Å². The topological polar surface area (TPSA) is 84.2 Å². The van der Waals surface area contributed by atoms with E-state index in [0.717, 1.165) is 5.56 Å². The molecule has 0 heterocycles. The lowest BCUT2D eigenvalue weighted by atomic mass is 10.1. The van der Waals surface area contributed by atoms with Gasteiger partial charge in [0.2, 0.25) is 0 Å². The predicted molar refractivity (Wildman–Crippen MR) is 69.6 cm³/mol. The molecule has 1 atom stereocenters. The first-order valence-electron chi connectivity index (χ1n) is 5.45. The van der Waals surface area contributed by atoms with Gasteiger partial charge in [-0.05, 0) is 38.5 Å². The van der Waals surface area contributed by atoms with Crippen molar-refractivity contribution >= 4 is 15.9 Å². The largest absolute Gasteiger partial charge is 0.399 e. The van der Waals surface area contributed by atoms with Crippen LogP contribution in [0.1, 0.15) is 32.4 Å². The monoisotopic (exact) mass is 257 g/mol. The lowest BCUT2D eigenvalue weighted by Crippen LogP contribution is -2.41. The highest BCUT2D eigenvalue weighted by Gasteiger charge is 2.16. The average molecular weight is 257 g/mol. The number of nitrogen functional groups attached to an aromatic ring is 1. The zero-order chi connectivity index (χ0) is 13.1. The first kappa shape index (κ1) is 14.0. The molecule has 0 aliphatic carbocycles. The number of nitrogens with two attached hydrogens (primary N) is 1. The molecule has 96 valence electrons. The highest BCUT2D eigenvalue weighted by Crippen LogP contribution is 2.15. The van der Waals surface area contributed by atoms with Crippen LogP contribution in [0.25, 0.3) is 0 Å². The summed E-state index contributed by atoms with van der Waals surface area (Å²) in [6, 6.07) is 6.68. The molecule has 0 spiro atoms. The normalized spacial score (nSPS) is 13.9. The van der Waals surface area contributed by atoms with Gasteiger partial charge in [-0.1, -0.05) is 12.1 Å². The van der Waals surface area contributed by atoms with E-state index in [4.69, 9.17) is 5.73 Å². The fourth-order valence-electron chi connectivity index (χ4n) is 1.47. The number of anilines is 1. The summed E-state index contributed by atoms with van der Waals surface area (Å²) in [5.41, 5.74) is 7.10. The molecule has 0 bridgehead atoms. The van der Waals surface area contributed by atoms with E-state index in [1.54, 1.807) is 39.0 Å². The minimum absolute atomic E-state index is 0.138. The zero-order valence-corrected chi connectivity index (χ0v) is 11.1. The Morgan fingerprint density at radius 2 is 1.82 bits per heavy atom. The van der Waals surface area contributed by atoms with Crippen molar-refractivity contribution in [2.75, 3.05) is 5.73 Å². The van der Waals surface area contributed by atoms with E-state index < -0.39 is 10.2 Å². The van der Waals surface area contributed by atoms with Crippen molar-refractivity contribution in [3.8, 4) is 0 Å². The summed E-state index contributed by atoms with van der Waals surface area (Å²) >= 11 is 0. The van der Waals surface area contributed by atoms with Crippen LogP contribution in [-0.2, 0) is 10.2 Å². The van der Waals surface area contributed by atoms with Gasteiger partial charge in [-0.25, -0.2) is 0 Å². The maximum Gasteiger partial charge on any atom is 0.277 e. The molecule has 1 unspecified atom stereocenters. The fourth-order valence-corrected chi connectivity index (χ4v) is 2.76. The van der Waals surface area contributed by atoms with Crippen LogP contribution in [0.15, 0.2) is 24.3 Å². The van der Waals surface area contributed by atoms with E-state index in [9.17, 15) is 8.42 Å². The maximum atomic E-state index is 11.7. The number of hydrogen-bond acceptors (Lipinski definition) is 3. The fraction of sp³-hybridized carbons (Fsp3) is 0.455. The average Bonchev–Trinajstić information content (AvgIpc) is 2.14. The summed E-state index contributed by atoms with van der Waals surface area (Å²) in [6.45, 7) is 5.31. The van der Waals surface area contributed by atoms with Crippen LogP contribution in [0.5, 0.6) is 0 Å². The van der Waals surface area contributed by atoms with E-state index >= 15 is 0 Å².